The van der Waals surface area contributed by atoms with Gasteiger partial charge >= 0.3 is 0 Å². The Labute approximate surface area is 91.9 Å². The summed E-state index contributed by atoms with van der Waals surface area (Å²) in [5, 5.41) is 3.15. The number of ether oxygens (including phenoxy) is 1. The van der Waals surface area contributed by atoms with Crippen molar-refractivity contribution >= 4 is 5.91 Å². The van der Waals surface area contributed by atoms with Gasteiger partial charge in [-0.15, -0.1) is 6.58 Å². The van der Waals surface area contributed by atoms with Gasteiger partial charge in [0.15, 0.2) is 0 Å². The van der Waals surface area contributed by atoms with E-state index in [1.807, 2.05) is 13.0 Å². The number of rotatable bonds is 8. The van der Waals surface area contributed by atoms with E-state index < -0.39 is 6.04 Å². The molecule has 3 N–H and O–H groups in total. The maximum absolute atomic E-state index is 11.1. The molecule has 15 heavy (non-hydrogen) atoms. The number of carbonyl (C=O) groups is 1. The largest absolute Gasteiger partial charge is 0.383 e. The van der Waals surface area contributed by atoms with E-state index in [4.69, 9.17) is 10.5 Å². The minimum atomic E-state index is -0.419. The summed E-state index contributed by atoms with van der Waals surface area (Å²) in [6.07, 6.45) is 2.78. The zero-order chi connectivity index (χ0) is 11.8. The molecule has 0 rings (SSSR count). The quantitative estimate of drug-likeness (QED) is 0.584. The van der Waals surface area contributed by atoms with Crippen molar-refractivity contribution in [1.82, 2.24) is 5.32 Å². The van der Waals surface area contributed by atoms with Gasteiger partial charge in [-0.3, -0.25) is 4.79 Å². The van der Waals surface area contributed by atoms with Crippen molar-refractivity contribution in [2.75, 3.05) is 13.7 Å². The number of nitrogens with two attached hydrogens (primary N) is 1. The van der Waals surface area contributed by atoms with Crippen LogP contribution < -0.4 is 11.1 Å². The van der Waals surface area contributed by atoms with Crippen molar-refractivity contribution in [3.05, 3.63) is 12.7 Å². The monoisotopic (exact) mass is 214 g/mol. The van der Waals surface area contributed by atoms with Gasteiger partial charge < -0.3 is 15.8 Å². The van der Waals surface area contributed by atoms with Gasteiger partial charge in [0.2, 0.25) is 5.91 Å². The van der Waals surface area contributed by atoms with Crippen molar-refractivity contribution in [2.24, 2.45) is 11.7 Å². The Morgan fingerprint density at radius 1 is 1.60 bits per heavy atom. The second-order valence-corrected chi connectivity index (χ2v) is 3.87. The first-order chi connectivity index (χ1) is 7.02. The molecule has 0 saturated heterocycles. The van der Waals surface area contributed by atoms with Crippen molar-refractivity contribution in [3.8, 4) is 0 Å². The summed E-state index contributed by atoms with van der Waals surface area (Å²) in [5.74, 6) is 0.0377. The molecule has 0 spiro atoms. The highest BCUT2D eigenvalue weighted by Gasteiger charge is 2.20. The zero-order valence-electron chi connectivity index (χ0n) is 9.82. The summed E-state index contributed by atoms with van der Waals surface area (Å²) in [4.78, 5) is 11.1. The Morgan fingerprint density at radius 2 is 2.20 bits per heavy atom. The highest BCUT2D eigenvalue weighted by Crippen LogP contribution is 2.08. The van der Waals surface area contributed by atoms with Gasteiger partial charge in [0.25, 0.3) is 0 Å². The molecular formula is C11H22N2O2. The molecule has 4 heteroatoms. The van der Waals surface area contributed by atoms with Crippen LogP contribution in [-0.2, 0) is 9.53 Å². The molecule has 0 fully saturated rings. The molecule has 4 nitrogen and oxygen atoms in total. The summed E-state index contributed by atoms with van der Waals surface area (Å²) in [7, 11) is 1.55. The predicted octanol–water partition coefficient (Wildman–Crippen LogP) is 0.677. The number of hydrogen-bond donors (Lipinski definition) is 2. The topological polar surface area (TPSA) is 64.3 Å². The molecule has 0 aliphatic rings. The van der Waals surface area contributed by atoms with Crippen molar-refractivity contribution in [3.63, 3.8) is 0 Å². The van der Waals surface area contributed by atoms with E-state index in [0.29, 0.717) is 12.5 Å². The smallest absolute Gasteiger partial charge is 0.236 e. The van der Waals surface area contributed by atoms with Crippen LogP contribution in [0.2, 0.25) is 0 Å². The van der Waals surface area contributed by atoms with Crippen LogP contribution in [0, 0.1) is 5.92 Å². The maximum Gasteiger partial charge on any atom is 0.236 e. The second-order valence-electron chi connectivity index (χ2n) is 3.87. The standard InChI is InChI=1S/C11H22N2O2/c1-5-6-8(2)9(3)13-10(7-15-4)11(12)14/h5,8-10,13H,1,6-7H2,2-4H3,(H2,12,14). The number of hydrogen-bond acceptors (Lipinski definition) is 3. The van der Waals surface area contributed by atoms with Crippen LogP contribution in [0.3, 0.4) is 0 Å². The van der Waals surface area contributed by atoms with E-state index in [1.165, 1.54) is 0 Å². The van der Waals surface area contributed by atoms with Crippen LogP contribution in [0.5, 0.6) is 0 Å². The molecule has 3 atom stereocenters. The van der Waals surface area contributed by atoms with E-state index in [-0.39, 0.29) is 11.9 Å². The van der Waals surface area contributed by atoms with Crippen LogP contribution in [0.15, 0.2) is 12.7 Å². The van der Waals surface area contributed by atoms with Gasteiger partial charge in [-0.05, 0) is 19.3 Å². The lowest BCUT2D eigenvalue weighted by Gasteiger charge is -2.24. The highest BCUT2D eigenvalue weighted by atomic mass is 16.5. The Balaban J connectivity index is 4.14. The van der Waals surface area contributed by atoms with Gasteiger partial charge in [-0.2, -0.15) is 0 Å². The van der Waals surface area contributed by atoms with E-state index in [1.54, 1.807) is 7.11 Å². The molecule has 0 aromatic carbocycles. The Kier molecular flexibility index (Phi) is 6.99. The highest BCUT2D eigenvalue weighted by molar-refractivity contribution is 5.80. The lowest BCUT2D eigenvalue weighted by molar-refractivity contribution is -0.121. The second kappa shape index (κ2) is 7.43. The van der Waals surface area contributed by atoms with Gasteiger partial charge in [0.1, 0.15) is 6.04 Å². The third-order valence-electron chi connectivity index (χ3n) is 2.53. The molecule has 0 radical (unpaired) electrons. The molecule has 0 aliphatic heterocycles. The average Bonchev–Trinajstić information content (AvgIpc) is 2.17. The van der Waals surface area contributed by atoms with Crippen LogP contribution in [0.4, 0.5) is 0 Å². The number of methoxy groups -OCH3 is 1. The first-order valence-electron chi connectivity index (χ1n) is 5.18. The zero-order valence-corrected chi connectivity index (χ0v) is 9.82. The molecular weight excluding hydrogens is 192 g/mol. The van der Waals surface area contributed by atoms with Gasteiger partial charge in [0, 0.05) is 13.2 Å². The normalized spacial score (nSPS) is 16.7. The first kappa shape index (κ1) is 14.1. The van der Waals surface area contributed by atoms with E-state index >= 15 is 0 Å². The number of primary amides is 1. The van der Waals surface area contributed by atoms with Crippen LogP contribution in [0.1, 0.15) is 20.3 Å². The van der Waals surface area contributed by atoms with Crippen molar-refractivity contribution in [2.45, 2.75) is 32.4 Å². The Hall–Kier alpha value is -0.870. The van der Waals surface area contributed by atoms with Crippen LogP contribution in [-0.4, -0.2) is 31.7 Å². The van der Waals surface area contributed by atoms with Crippen molar-refractivity contribution in [1.29, 1.82) is 0 Å². The lowest BCUT2D eigenvalue weighted by atomic mass is 9.99. The van der Waals surface area contributed by atoms with Crippen molar-refractivity contribution < 1.29 is 9.53 Å². The maximum atomic E-state index is 11.1. The van der Waals surface area contributed by atoms with Crippen LogP contribution >= 0.6 is 0 Å². The van der Waals surface area contributed by atoms with Crippen LogP contribution in [0.25, 0.3) is 0 Å². The molecule has 0 aromatic rings. The minimum Gasteiger partial charge on any atom is -0.383 e. The SMILES string of the molecule is C=CCC(C)C(C)NC(COC)C(N)=O. The third-order valence-corrected chi connectivity index (χ3v) is 2.53. The molecule has 0 saturated carbocycles. The number of allylic oxidation sites excluding steroid dienone is 1. The molecule has 0 aromatic heterocycles. The number of nitrogens with one attached hydrogen (secondary N) is 1. The molecule has 0 heterocycles. The number of carbonyl (C=O) groups excluding carboxylic acids is 1. The minimum absolute atomic E-state index is 0.204. The summed E-state index contributed by atoms with van der Waals surface area (Å²) in [5.41, 5.74) is 5.24. The lowest BCUT2D eigenvalue weighted by Crippen LogP contribution is -2.49. The predicted molar refractivity (Wildman–Crippen MR) is 61.4 cm³/mol. The average molecular weight is 214 g/mol. The van der Waals surface area contributed by atoms with E-state index in [2.05, 4.69) is 18.8 Å². The Morgan fingerprint density at radius 3 is 2.60 bits per heavy atom. The van der Waals surface area contributed by atoms with E-state index in [0.717, 1.165) is 6.42 Å². The summed E-state index contributed by atoms with van der Waals surface area (Å²) < 4.78 is 4.92. The fraction of sp³-hybridized carbons (Fsp3) is 0.727. The summed E-state index contributed by atoms with van der Waals surface area (Å²) >= 11 is 0. The molecule has 0 aliphatic carbocycles. The van der Waals surface area contributed by atoms with Gasteiger partial charge in [0.05, 0.1) is 6.61 Å². The summed E-state index contributed by atoms with van der Waals surface area (Å²) in [6, 6.07) is -0.215. The summed E-state index contributed by atoms with van der Waals surface area (Å²) in [6.45, 7) is 8.12. The third kappa shape index (κ3) is 5.54. The van der Waals surface area contributed by atoms with Gasteiger partial charge in [-0.1, -0.05) is 13.0 Å². The van der Waals surface area contributed by atoms with Gasteiger partial charge in [-0.25, -0.2) is 0 Å². The molecule has 1 amide bonds. The van der Waals surface area contributed by atoms with E-state index in [9.17, 15) is 4.79 Å². The first-order valence-corrected chi connectivity index (χ1v) is 5.18. The number of amides is 1. The molecule has 3 unspecified atom stereocenters. The Bertz CT molecular complexity index is 207. The molecule has 88 valence electrons. The fourth-order valence-electron chi connectivity index (χ4n) is 1.33. The molecule has 0 bridgehead atoms. The fourth-order valence-corrected chi connectivity index (χ4v) is 1.33.